The van der Waals surface area contributed by atoms with Crippen LogP contribution >= 0.6 is 11.3 Å². The normalized spacial score (nSPS) is 13.3. The van der Waals surface area contributed by atoms with Gasteiger partial charge >= 0.3 is 5.76 Å². The van der Waals surface area contributed by atoms with Gasteiger partial charge in [-0.3, -0.25) is 0 Å². The van der Waals surface area contributed by atoms with E-state index in [0.29, 0.717) is 5.69 Å². The zero-order valence-corrected chi connectivity index (χ0v) is 12.9. The van der Waals surface area contributed by atoms with Crippen molar-refractivity contribution in [2.75, 3.05) is 5.32 Å². The van der Waals surface area contributed by atoms with Gasteiger partial charge in [-0.15, -0.1) is 11.3 Å². The monoisotopic (exact) mass is 331 g/mol. The minimum Gasteiger partial charge on any atom is -0.382 e. The van der Waals surface area contributed by atoms with Gasteiger partial charge in [-0.05, 0) is 42.6 Å². The van der Waals surface area contributed by atoms with Gasteiger partial charge in [0.15, 0.2) is 0 Å². The van der Waals surface area contributed by atoms with Crippen LogP contribution in [0.25, 0.3) is 0 Å². The van der Waals surface area contributed by atoms with Crippen molar-refractivity contribution in [3.63, 3.8) is 0 Å². The van der Waals surface area contributed by atoms with Crippen molar-refractivity contribution >= 4 is 26.9 Å². The third kappa shape index (κ3) is 4.01. The van der Waals surface area contributed by atoms with E-state index in [9.17, 15) is 17.2 Å². The highest BCUT2D eigenvalue weighted by atomic mass is 32.2. The van der Waals surface area contributed by atoms with Gasteiger partial charge in [-0.1, -0.05) is 6.07 Å². The molecule has 0 aliphatic rings. The van der Waals surface area contributed by atoms with Crippen LogP contribution in [-0.4, -0.2) is 20.2 Å². The van der Waals surface area contributed by atoms with Crippen LogP contribution in [0.2, 0.25) is 0 Å². The molecule has 2 rings (SSSR count). The molecule has 1 N–H and O–H groups in total. The highest BCUT2D eigenvalue weighted by molar-refractivity contribution is 7.91. The number of rotatable bonds is 6. The molecule has 1 heterocycles. The molecule has 0 radical (unpaired) electrons. The van der Waals surface area contributed by atoms with Gasteiger partial charge in [-0.25, -0.2) is 8.42 Å². The van der Waals surface area contributed by atoms with Gasteiger partial charge in [0.05, 0.1) is 4.90 Å². The smallest absolute Gasteiger partial charge is 0.341 e. The number of hydrogen-bond acceptors (Lipinski definition) is 4. The molecule has 0 spiro atoms. The summed E-state index contributed by atoms with van der Waals surface area (Å²) >= 11 is 1.67. The number of thiophene rings is 1. The Hall–Kier alpha value is -1.47. The van der Waals surface area contributed by atoms with E-state index in [2.05, 4.69) is 5.32 Å². The molecule has 7 heteroatoms. The first-order valence-electron chi connectivity index (χ1n) is 6.30. The summed E-state index contributed by atoms with van der Waals surface area (Å²) in [6.07, 6.45) is 0.842. The predicted molar refractivity (Wildman–Crippen MR) is 80.7 cm³/mol. The largest absolute Gasteiger partial charge is 0.382 e. The number of halogens is 2. The lowest BCUT2D eigenvalue weighted by Crippen LogP contribution is -2.17. The summed E-state index contributed by atoms with van der Waals surface area (Å²) in [5, 5.41) is 5.22. The zero-order valence-electron chi connectivity index (χ0n) is 11.3. The average molecular weight is 331 g/mol. The standard InChI is InChI=1S/C14H15F2NO2S2/c1-10(9-12-3-2-8-20-12)17-11-4-6-13(7-5-11)21(18,19)14(15)16/h2-8,10,14,17H,9H2,1H3. The first-order valence-corrected chi connectivity index (χ1v) is 8.73. The Kier molecular flexibility index (Phi) is 4.95. The van der Waals surface area contributed by atoms with Crippen LogP contribution in [0.3, 0.4) is 0 Å². The van der Waals surface area contributed by atoms with Crippen LogP contribution in [0.4, 0.5) is 14.5 Å². The fourth-order valence-electron chi connectivity index (χ4n) is 1.91. The van der Waals surface area contributed by atoms with Crippen molar-refractivity contribution < 1.29 is 17.2 Å². The summed E-state index contributed by atoms with van der Waals surface area (Å²) in [6, 6.07) is 9.57. The van der Waals surface area contributed by atoms with Gasteiger partial charge in [-0.2, -0.15) is 8.78 Å². The zero-order chi connectivity index (χ0) is 15.5. The molecule has 0 amide bonds. The lowest BCUT2D eigenvalue weighted by Gasteiger charge is -2.14. The summed E-state index contributed by atoms with van der Waals surface area (Å²) in [4.78, 5) is 0.876. The number of hydrogen-bond donors (Lipinski definition) is 1. The van der Waals surface area contributed by atoms with E-state index >= 15 is 0 Å². The van der Waals surface area contributed by atoms with E-state index in [1.165, 1.54) is 29.1 Å². The average Bonchev–Trinajstić information content (AvgIpc) is 2.91. The van der Waals surface area contributed by atoms with E-state index in [1.54, 1.807) is 11.3 Å². The Morgan fingerprint density at radius 2 is 1.86 bits per heavy atom. The van der Waals surface area contributed by atoms with Crippen LogP contribution in [0, 0.1) is 0 Å². The molecule has 1 aromatic carbocycles. The molecule has 0 saturated carbocycles. The third-order valence-electron chi connectivity index (χ3n) is 2.92. The number of nitrogens with one attached hydrogen (secondary N) is 1. The van der Waals surface area contributed by atoms with Gasteiger partial charge < -0.3 is 5.32 Å². The number of alkyl halides is 2. The second-order valence-corrected chi connectivity index (χ2v) is 7.61. The minimum atomic E-state index is -4.52. The molecule has 3 nitrogen and oxygen atoms in total. The maximum atomic E-state index is 12.4. The third-order valence-corrected chi connectivity index (χ3v) is 5.22. The van der Waals surface area contributed by atoms with Gasteiger partial charge in [0.25, 0.3) is 0 Å². The molecule has 1 atom stereocenters. The van der Waals surface area contributed by atoms with Gasteiger partial charge in [0, 0.05) is 23.0 Å². The highest BCUT2D eigenvalue weighted by Crippen LogP contribution is 2.21. The molecule has 1 aromatic heterocycles. The minimum absolute atomic E-state index is 0.154. The first-order chi connectivity index (χ1) is 9.89. The molecule has 1 unspecified atom stereocenters. The van der Waals surface area contributed by atoms with Crippen molar-refractivity contribution in [2.45, 2.75) is 30.0 Å². The van der Waals surface area contributed by atoms with E-state index in [-0.39, 0.29) is 10.9 Å². The maximum absolute atomic E-state index is 12.4. The van der Waals surface area contributed by atoms with Crippen LogP contribution in [-0.2, 0) is 16.3 Å². The fourth-order valence-corrected chi connectivity index (χ4v) is 3.47. The highest BCUT2D eigenvalue weighted by Gasteiger charge is 2.26. The van der Waals surface area contributed by atoms with Crippen molar-refractivity contribution in [2.24, 2.45) is 0 Å². The van der Waals surface area contributed by atoms with E-state index in [0.717, 1.165) is 6.42 Å². The second-order valence-electron chi connectivity index (χ2n) is 4.66. The molecule has 21 heavy (non-hydrogen) atoms. The van der Waals surface area contributed by atoms with Gasteiger partial charge in [0.1, 0.15) is 0 Å². The maximum Gasteiger partial charge on any atom is 0.341 e. The first kappa shape index (κ1) is 15.9. The van der Waals surface area contributed by atoms with E-state index in [4.69, 9.17) is 0 Å². The molecular weight excluding hydrogens is 316 g/mol. The Morgan fingerprint density at radius 3 is 2.38 bits per heavy atom. The summed E-state index contributed by atoms with van der Waals surface area (Å²) in [5.74, 6) is -3.39. The molecule has 0 aliphatic carbocycles. The molecule has 0 aliphatic heterocycles. The van der Waals surface area contributed by atoms with E-state index < -0.39 is 15.6 Å². The van der Waals surface area contributed by atoms with Crippen LogP contribution in [0.15, 0.2) is 46.7 Å². The van der Waals surface area contributed by atoms with Crippen molar-refractivity contribution in [3.8, 4) is 0 Å². The molecule has 0 bridgehead atoms. The topological polar surface area (TPSA) is 46.2 Å². The number of sulfone groups is 1. The molecular formula is C14H15F2NO2S2. The molecule has 114 valence electrons. The van der Waals surface area contributed by atoms with Crippen LogP contribution < -0.4 is 5.32 Å². The molecule has 0 fully saturated rings. The Morgan fingerprint density at radius 1 is 1.19 bits per heavy atom. The lowest BCUT2D eigenvalue weighted by molar-refractivity contribution is 0.234. The number of anilines is 1. The lowest BCUT2D eigenvalue weighted by atomic mass is 10.2. The van der Waals surface area contributed by atoms with Crippen molar-refractivity contribution in [3.05, 3.63) is 46.7 Å². The quantitative estimate of drug-likeness (QED) is 0.876. The summed E-state index contributed by atoms with van der Waals surface area (Å²) in [7, 11) is -4.52. The van der Waals surface area contributed by atoms with E-state index in [1.807, 2.05) is 24.4 Å². The second kappa shape index (κ2) is 6.53. The summed E-state index contributed by atoms with van der Waals surface area (Å²) < 4.78 is 47.5. The SMILES string of the molecule is CC(Cc1cccs1)Nc1ccc(S(=O)(=O)C(F)F)cc1. The molecule has 2 aromatic rings. The summed E-state index contributed by atoms with van der Waals surface area (Å²) in [6.45, 7) is 2.00. The number of benzene rings is 1. The van der Waals surface area contributed by atoms with Crippen molar-refractivity contribution in [1.82, 2.24) is 0 Å². The van der Waals surface area contributed by atoms with Gasteiger partial charge in [0.2, 0.25) is 9.84 Å². The van der Waals surface area contributed by atoms with Crippen molar-refractivity contribution in [1.29, 1.82) is 0 Å². The Balaban J connectivity index is 2.03. The Bertz CT molecular complexity index is 668. The summed E-state index contributed by atoms with van der Waals surface area (Å²) in [5.41, 5.74) is 0.701. The predicted octanol–water partition coefficient (Wildman–Crippen LogP) is 3.79. The van der Waals surface area contributed by atoms with Crippen LogP contribution in [0.5, 0.6) is 0 Å². The van der Waals surface area contributed by atoms with Crippen LogP contribution in [0.1, 0.15) is 11.8 Å². The fraction of sp³-hybridized carbons (Fsp3) is 0.286. The Labute approximate surface area is 126 Å². The molecule has 0 saturated heterocycles.